The van der Waals surface area contributed by atoms with Crippen molar-refractivity contribution in [2.75, 3.05) is 0 Å². The van der Waals surface area contributed by atoms with Crippen LogP contribution in [0, 0.1) is 0 Å². The van der Waals surface area contributed by atoms with Crippen molar-refractivity contribution in [1.29, 1.82) is 0 Å². The largest absolute Gasteiger partial charge is 0.501 e. The molecule has 17 heavy (non-hydrogen) atoms. The molecule has 0 aliphatic carbocycles. The molecule has 5 nitrogen and oxygen atoms in total. The SMILES string of the molecule is [N-]=[N+]=Nc1cc(S(=O)(=O)C(F)(F)F)ccc1Cl. The van der Waals surface area contributed by atoms with Crippen LogP contribution in [0.15, 0.2) is 28.2 Å². The number of alkyl halides is 3. The van der Waals surface area contributed by atoms with E-state index in [0.29, 0.717) is 12.1 Å². The average molecular weight is 286 g/mol. The molecule has 0 aliphatic heterocycles. The molecule has 0 heterocycles. The summed E-state index contributed by atoms with van der Waals surface area (Å²) in [5.74, 6) is 0. The fourth-order valence-corrected chi connectivity index (χ4v) is 1.85. The lowest BCUT2D eigenvalue weighted by Gasteiger charge is -2.08. The van der Waals surface area contributed by atoms with Crippen molar-refractivity contribution in [2.24, 2.45) is 5.11 Å². The van der Waals surface area contributed by atoms with E-state index in [4.69, 9.17) is 17.1 Å². The highest BCUT2D eigenvalue weighted by atomic mass is 35.5. The zero-order chi connectivity index (χ0) is 13.3. The van der Waals surface area contributed by atoms with Gasteiger partial charge in [-0.15, -0.1) is 0 Å². The molecule has 0 saturated carbocycles. The molecule has 0 saturated heterocycles. The van der Waals surface area contributed by atoms with Gasteiger partial charge in [-0.2, -0.15) is 13.2 Å². The Balaban J connectivity index is 3.46. The summed E-state index contributed by atoms with van der Waals surface area (Å²) in [6, 6.07) is 2.15. The first-order valence-electron chi connectivity index (χ1n) is 3.86. The van der Waals surface area contributed by atoms with Crippen molar-refractivity contribution >= 4 is 27.1 Å². The maximum atomic E-state index is 12.2. The van der Waals surface area contributed by atoms with Gasteiger partial charge in [0, 0.05) is 4.91 Å². The van der Waals surface area contributed by atoms with Crippen molar-refractivity contribution in [2.45, 2.75) is 10.4 Å². The van der Waals surface area contributed by atoms with Crippen LogP contribution in [0.2, 0.25) is 5.02 Å². The third-order valence-corrected chi connectivity index (χ3v) is 3.49. The molecule has 0 fully saturated rings. The molecule has 1 aromatic carbocycles. The Hall–Kier alpha value is -1.44. The Morgan fingerprint density at radius 2 is 1.94 bits per heavy atom. The molecular formula is C7H3ClF3N3O2S. The second-order valence-electron chi connectivity index (χ2n) is 2.75. The average Bonchev–Trinajstić information content (AvgIpc) is 2.19. The van der Waals surface area contributed by atoms with Gasteiger partial charge >= 0.3 is 5.51 Å². The molecule has 0 spiro atoms. The highest BCUT2D eigenvalue weighted by molar-refractivity contribution is 7.92. The van der Waals surface area contributed by atoms with Gasteiger partial charge < -0.3 is 0 Å². The molecule has 0 radical (unpaired) electrons. The van der Waals surface area contributed by atoms with E-state index in [-0.39, 0.29) is 10.7 Å². The van der Waals surface area contributed by atoms with E-state index in [1.165, 1.54) is 0 Å². The minimum absolute atomic E-state index is 0.149. The summed E-state index contributed by atoms with van der Waals surface area (Å²) in [6.07, 6.45) is 0. The van der Waals surface area contributed by atoms with E-state index in [2.05, 4.69) is 10.0 Å². The Kier molecular flexibility index (Phi) is 3.56. The lowest BCUT2D eigenvalue weighted by atomic mass is 10.3. The maximum Gasteiger partial charge on any atom is 0.501 e. The summed E-state index contributed by atoms with van der Waals surface area (Å²) in [6.45, 7) is 0. The van der Waals surface area contributed by atoms with Gasteiger partial charge in [0.1, 0.15) is 0 Å². The summed E-state index contributed by atoms with van der Waals surface area (Å²) in [5, 5.41) is 2.83. The number of sulfone groups is 1. The van der Waals surface area contributed by atoms with Crippen LogP contribution >= 0.6 is 11.6 Å². The van der Waals surface area contributed by atoms with Crippen molar-refractivity contribution in [3.05, 3.63) is 33.7 Å². The normalized spacial score (nSPS) is 12.0. The van der Waals surface area contributed by atoms with Gasteiger partial charge in [-0.05, 0) is 23.7 Å². The molecule has 0 bridgehead atoms. The maximum absolute atomic E-state index is 12.2. The standard InChI is InChI=1S/C7H3ClF3N3O2S/c8-5-2-1-4(3-6(5)13-14-12)17(15,16)7(9,10)11/h1-3H. The number of nitrogens with zero attached hydrogens (tertiary/aromatic N) is 3. The Morgan fingerprint density at radius 3 is 2.41 bits per heavy atom. The monoisotopic (exact) mass is 285 g/mol. The van der Waals surface area contributed by atoms with Crippen LogP contribution in [0.3, 0.4) is 0 Å². The van der Waals surface area contributed by atoms with Gasteiger partial charge in [-0.1, -0.05) is 16.7 Å². The van der Waals surface area contributed by atoms with E-state index in [1.54, 1.807) is 0 Å². The minimum atomic E-state index is -5.48. The van der Waals surface area contributed by atoms with Gasteiger partial charge in [0.2, 0.25) is 0 Å². The summed E-state index contributed by atoms with van der Waals surface area (Å²) < 4.78 is 58.7. The Bertz CT molecular complexity index is 593. The van der Waals surface area contributed by atoms with Crippen LogP contribution in [0.4, 0.5) is 18.9 Å². The molecule has 0 unspecified atom stereocenters. The first-order valence-corrected chi connectivity index (χ1v) is 5.72. The fourth-order valence-electron chi connectivity index (χ4n) is 0.918. The van der Waals surface area contributed by atoms with Crippen molar-refractivity contribution in [3.8, 4) is 0 Å². The molecule has 0 aromatic heterocycles. The number of benzene rings is 1. The van der Waals surface area contributed by atoms with Crippen LogP contribution in [0.1, 0.15) is 0 Å². The predicted octanol–water partition coefficient (Wildman–Crippen LogP) is 3.58. The highest BCUT2D eigenvalue weighted by Gasteiger charge is 2.46. The van der Waals surface area contributed by atoms with Gasteiger partial charge in [-0.3, -0.25) is 0 Å². The van der Waals surface area contributed by atoms with E-state index < -0.39 is 20.2 Å². The van der Waals surface area contributed by atoms with Crippen LogP contribution in [-0.2, 0) is 9.84 Å². The third kappa shape index (κ3) is 2.63. The molecule has 1 rings (SSSR count). The van der Waals surface area contributed by atoms with Gasteiger partial charge in [0.15, 0.2) is 0 Å². The van der Waals surface area contributed by atoms with E-state index in [0.717, 1.165) is 6.07 Å². The van der Waals surface area contributed by atoms with Crippen molar-refractivity contribution < 1.29 is 21.6 Å². The van der Waals surface area contributed by atoms with Gasteiger partial charge in [0.05, 0.1) is 15.6 Å². The highest BCUT2D eigenvalue weighted by Crippen LogP contribution is 2.34. The van der Waals surface area contributed by atoms with Crippen LogP contribution < -0.4 is 0 Å². The van der Waals surface area contributed by atoms with Crippen molar-refractivity contribution in [1.82, 2.24) is 0 Å². The minimum Gasteiger partial charge on any atom is -0.214 e. The lowest BCUT2D eigenvalue weighted by molar-refractivity contribution is -0.0435. The topological polar surface area (TPSA) is 82.9 Å². The van der Waals surface area contributed by atoms with Crippen LogP contribution in [0.5, 0.6) is 0 Å². The number of hydrogen-bond acceptors (Lipinski definition) is 3. The summed E-state index contributed by atoms with van der Waals surface area (Å²) >= 11 is 5.50. The number of hydrogen-bond donors (Lipinski definition) is 0. The van der Waals surface area contributed by atoms with Gasteiger partial charge in [0.25, 0.3) is 9.84 Å². The van der Waals surface area contributed by atoms with E-state index in [9.17, 15) is 21.6 Å². The molecule has 0 amide bonds. The third-order valence-electron chi connectivity index (χ3n) is 1.69. The second-order valence-corrected chi connectivity index (χ2v) is 5.10. The molecule has 0 atom stereocenters. The van der Waals surface area contributed by atoms with E-state index in [1.807, 2.05) is 0 Å². The first-order chi connectivity index (χ1) is 7.70. The van der Waals surface area contributed by atoms with E-state index >= 15 is 0 Å². The summed E-state index contributed by atoms with van der Waals surface area (Å²) in [4.78, 5) is 1.29. The fraction of sp³-hybridized carbons (Fsp3) is 0.143. The summed E-state index contributed by atoms with van der Waals surface area (Å²) in [5.41, 5.74) is 2.31. The van der Waals surface area contributed by atoms with Gasteiger partial charge in [-0.25, -0.2) is 8.42 Å². The Morgan fingerprint density at radius 1 is 1.35 bits per heavy atom. The quantitative estimate of drug-likeness (QED) is 0.472. The van der Waals surface area contributed by atoms with Crippen molar-refractivity contribution in [3.63, 3.8) is 0 Å². The first kappa shape index (κ1) is 13.6. The molecular weight excluding hydrogens is 283 g/mol. The summed E-state index contributed by atoms with van der Waals surface area (Å²) in [7, 11) is -5.48. The molecule has 1 aromatic rings. The Labute approximate surface area is 98.4 Å². The van der Waals surface area contributed by atoms with Crippen LogP contribution in [-0.4, -0.2) is 13.9 Å². The smallest absolute Gasteiger partial charge is 0.214 e. The zero-order valence-corrected chi connectivity index (χ0v) is 9.38. The van der Waals surface area contributed by atoms with Crippen LogP contribution in [0.25, 0.3) is 10.4 Å². The zero-order valence-electron chi connectivity index (χ0n) is 7.81. The number of rotatable bonds is 2. The number of azide groups is 1. The molecule has 0 aliphatic rings. The predicted molar refractivity (Wildman–Crippen MR) is 53.5 cm³/mol. The molecule has 10 heteroatoms. The number of halogens is 4. The second kappa shape index (κ2) is 4.44. The lowest BCUT2D eigenvalue weighted by Crippen LogP contribution is -2.23. The molecule has 92 valence electrons. The molecule has 0 N–H and O–H groups in total.